The van der Waals surface area contributed by atoms with E-state index in [1.165, 1.54) is 14.2 Å². The van der Waals surface area contributed by atoms with Crippen molar-refractivity contribution >= 4 is 23.6 Å². The molecule has 24 heavy (non-hydrogen) atoms. The number of nitrogens with one attached hydrogen (secondary N) is 3. The Hall–Kier alpha value is -3.16. The minimum Gasteiger partial charge on any atom is -0.496 e. The van der Waals surface area contributed by atoms with Gasteiger partial charge in [0.25, 0.3) is 11.8 Å². The lowest BCUT2D eigenvalue weighted by Gasteiger charge is -2.11. The van der Waals surface area contributed by atoms with E-state index in [2.05, 4.69) is 25.9 Å². The molecule has 0 saturated heterocycles. The minimum absolute atomic E-state index is 0.0673. The van der Waals surface area contributed by atoms with Crippen LogP contribution in [0.4, 0.5) is 11.8 Å². The lowest BCUT2D eigenvalue weighted by Crippen LogP contribution is -2.23. The van der Waals surface area contributed by atoms with Crippen LogP contribution in [0.1, 0.15) is 26.4 Å². The number of anilines is 2. The molecule has 0 saturated carbocycles. The van der Waals surface area contributed by atoms with Crippen LogP contribution in [0.5, 0.6) is 5.75 Å². The van der Waals surface area contributed by atoms with Crippen LogP contribution in [0.25, 0.3) is 0 Å². The van der Waals surface area contributed by atoms with E-state index in [4.69, 9.17) is 4.74 Å². The van der Waals surface area contributed by atoms with Crippen molar-refractivity contribution in [3.05, 3.63) is 41.1 Å². The molecule has 0 atom stereocenters. The molecule has 1 aromatic heterocycles. The first-order chi connectivity index (χ1) is 11.6. The Morgan fingerprint density at radius 3 is 2.75 bits per heavy atom. The fourth-order valence-corrected chi connectivity index (χ4v) is 2.54. The molecule has 8 nitrogen and oxygen atoms in total. The van der Waals surface area contributed by atoms with E-state index < -0.39 is 5.91 Å². The second kappa shape index (κ2) is 6.53. The summed E-state index contributed by atoms with van der Waals surface area (Å²) in [7, 11) is 3.03. The number of amides is 2. The van der Waals surface area contributed by atoms with E-state index in [9.17, 15) is 9.59 Å². The van der Waals surface area contributed by atoms with Crippen LogP contribution >= 0.6 is 0 Å². The summed E-state index contributed by atoms with van der Waals surface area (Å²) in [6, 6.07) is 6.84. The average molecular weight is 327 g/mol. The van der Waals surface area contributed by atoms with Crippen molar-refractivity contribution in [2.24, 2.45) is 0 Å². The van der Waals surface area contributed by atoms with E-state index in [1.807, 2.05) is 0 Å². The number of aromatic nitrogens is 2. The van der Waals surface area contributed by atoms with Crippen molar-refractivity contribution in [2.45, 2.75) is 6.42 Å². The number of benzene rings is 1. The zero-order valence-corrected chi connectivity index (χ0v) is 13.3. The second-order valence-electron chi connectivity index (χ2n) is 5.13. The van der Waals surface area contributed by atoms with Crippen molar-refractivity contribution in [1.82, 2.24) is 15.3 Å². The summed E-state index contributed by atoms with van der Waals surface area (Å²) >= 11 is 0. The number of carbonyl (C=O) groups excluding carboxylic acids is 2. The number of rotatable bonds is 4. The first kappa shape index (κ1) is 15.7. The van der Waals surface area contributed by atoms with E-state index >= 15 is 0 Å². The smallest absolute Gasteiger partial charge is 0.270 e. The molecule has 3 N–H and O–H groups in total. The predicted octanol–water partition coefficient (Wildman–Crippen LogP) is 1.07. The van der Waals surface area contributed by atoms with E-state index in [0.717, 1.165) is 5.56 Å². The van der Waals surface area contributed by atoms with E-state index in [-0.39, 0.29) is 17.5 Å². The maximum Gasteiger partial charge on any atom is 0.270 e. The third-order valence-corrected chi connectivity index (χ3v) is 3.69. The Morgan fingerprint density at radius 1 is 1.21 bits per heavy atom. The quantitative estimate of drug-likeness (QED) is 0.776. The largest absolute Gasteiger partial charge is 0.496 e. The summed E-state index contributed by atoms with van der Waals surface area (Å²) in [5, 5.41) is 8.26. The normalized spacial score (nSPS) is 12.1. The number of hydrogen-bond acceptors (Lipinski definition) is 6. The zero-order chi connectivity index (χ0) is 17.1. The molecule has 3 rings (SSSR count). The monoisotopic (exact) mass is 327 g/mol. The van der Waals surface area contributed by atoms with Crippen LogP contribution in [-0.4, -0.2) is 42.5 Å². The van der Waals surface area contributed by atoms with E-state index in [0.29, 0.717) is 30.1 Å². The van der Waals surface area contributed by atoms with Gasteiger partial charge in [0.1, 0.15) is 17.3 Å². The topological polar surface area (TPSA) is 105 Å². The van der Waals surface area contributed by atoms with Gasteiger partial charge < -0.3 is 15.4 Å². The van der Waals surface area contributed by atoms with Crippen LogP contribution in [-0.2, 0) is 6.42 Å². The molecule has 2 amide bonds. The van der Waals surface area contributed by atoms with Gasteiger partial charge in [-0.15, -0.1) is 0 Å². The molecule has 0 spiro atoms. The number of ether oxygens (including phenoxy) is 1. The maximum atomic E-state index is 12.5. The van der Waals surface area contributed by atoms with Gasteiger partial charge in [-0.25, -0.2) is 4.98 Å². The molecule has 0 radical (unpaired) electrons. The van der Waals surface area contributed by atoms with Gasteiger partial charge in [0.2, 0.25) is 5.95 Å². The average Bonchev–Trinajstić information content (AvgIpc) is 3.08. The summed E-state index contributed by atoms with van der Waals surface area (Å²) < 4.78 is 5.18. The van der Waals surface area contributed by atoms with Gasteiger partial charge in [-0.05, 0) is 18.6 Å². The summed E-state index contributed by atoms with van der Waals surface area (Å²) in [5.41, 5.74) is 1.38. The van der Waals surface area contributed by atoms with Gasteiger partial charge >= 0.3 is 0 Å². The van der Waals surface area contributed by atoms with Crippen molar-refractivity contribution in [1.29, 1.82) is 0 Å². The van der Waals surface area contributed by atoms with Crippen molar-refractivity contribution in [3.63, 3.8) is 0 Å². The Balaban J connectivity index is 1.93. The number of fused-ring (bicyclic) bond motifs is 1. The highest BCUT2D eigenvalue weighted by atomic mass is 16.5. The Labute approximate surface area is 138 Å². The summed E-state index contributed by atoms with van der Waals surface area (Å²) in [6.07, 6.45) is 0.665. The first-order valence-corrected chi connectivity index (χ1v) is 7.45. The van der Waals surface area contributed by atoms with Gasteiger partial charge in [-0.2, -0.15) is 4.98 Å². The molecular formula is C16H17N5O3. The van der Waals surface area contributed by atoms with Gasteiger partial charge in [0.15, 0.2) is 0 Å². The zero-order valence-electron chi connectivity index (χ0n) is 13.3. The molecule has 0 unspecified atom stereocenters. The first-order valence-electron chi connectivity index (χ1n) is 7.45. The van der Waals surface area contributed by atoms with Gasteiger partial charge in [-0.1, -0.05) is 12.1 Å². The fraction of sp³-hybridized carbons (Fsp3) is 0.250. The van der Waals surface area contributed by atoms with E-state index in [1.54, 1.807) is 24.3 Å². The van der Waals surface area contributed by atoms with Gasteiger partial charge in [0.05, 0.1) is 12.7 Å². The number of methoxy groups -OCH3 is 1. The Morgan fingerprint density at radius 2 is 2.00 bits per heavy atom. The summed E-state index contributed by atoms with van der Waals surface area (Å²) in [5.74, 6) is 0.357. The third-order valence-electron chi connectivity index (χ3n) is 3.69. The van der Waals surface area contributed by atoms with Crippen molar-refractivity contribution in [2.75, 3.05) is 31.3 Å². The SMILES string of the molecule is CNC(=O)c1nc(NC(=O)c2ccccc2OC)nc2c1CCN2. The molecule has 124 valence electrons. The summed E-state index contributed by atoms with van der Waals surface area (Å²) in [4.78, 5) is 32.9. The minimum atomic E-state index is -0.409. The molecule has 1 aliphatic rings. The van der Waals surface area contributed by atoms with Crippen LogP contribution in [0.2, 0.25) is 0 Å². The number of nitrogens with zero attached hydrogens (tertiary/aromatic N) is 2. The number of para-hydroxylation sites is 1. The Bertz CT molecular complexity index is 806. The molecule has 1 aromatic carbocycles. The Kier molecular flexibility index (Phi) is 4.28. The second-order valence-corrected chi connectivity index (χ2v) is 5.13. The molecular weight excluding hydrogens is 310 g/mol. The van der Waals surface area contributed by atoms with Gasteiger partial charge in [-0.3, -0.25) is 14.9 Å². The molecule has 2 heterocycles. The number of carbonyl (C=O) groups is 2. The lowest BCUT2D eigenvalue weighted by atomic mass is 10.1. The third kappa shape index (κ3) is 2.85. The highest BCUT2D eigenvalue weighted by Gasteiger charge is 2.24. The standard InChI is InChI=1S/C16H17N5O3/c1-17-15(23)12-10-7-8-18-13(10)20-16(19-12)21-14(22)9-5-3-4-6-11(9)24-2/h3-6H,7-8H2,1-2H3,(H,17,23)(H2,18,19,20,21,22). The highest BCUT2D eigenvalue weighted by molar-refractivity contribution is 6.05. The predicted molar refractivity (Wildman–Crippen MR) is 88.6 cm³/mol. The van der Waals surface area contributed by atoms with Crippen molar-refractivity contribution in [3.8, 4) is 5.75 Å². The lowest BCUT2D eigenvalue weighted by molar-refractivity contribution is 0.0955. The summed E-state index contributed by atoms with van der Waals surface area (Å²) in [6.45, 7) is 0.678. The van der Waals surface area contributed by atoms with Crippen molar-refractivity contribution < 1.29 is 14.3 Å². The van der Waals surface area contributed by atoms with Crippen LogP contribution in [0.15, 0.2) is 24.3 Å². The molecule has 8 heteroatoms. The molecule has 0 bridgehead atoms. The molecule has 0 fully saturated rings. The molecule has 1 aliphatic heterocycles. The number of hydrogen-bond donors (Lipinski definition) is 3. The van der Waals surface area contributed by atoms with Crippen LogP contribution < -0.4 is 20.7 Å². The molecule has 2 aromatic rings. The van der Waals surface area contributed by atoms with Gasteiger partial charge in [0, 0.05) is 19.2 Å². The highest BCUT2D eigenvalue weighted by Crippen LogP contribution is 2.25. The van der Waals surface area contributed by atoms with Crippen LogP contribution in [0, 0.1) is 0 Å². The van der Waals surface area contributed by atoms with Crippen LogP contribution in [0.3, 0.4) is 0 Å². The fourth-order valence-electron chi connectivity index (χ4n) is 2.54. The molecule has 0 aliphatic carbocycles. The maximum absolute atomic E-state index is 12.5.